The molecule has 21 heavy (non-hydrogen) atoms. The molecule has 0 spiro atoms. The zero-order chi connectivity index (χ0) is 14.9. The van der Waals surface area contributed by atoms with Gasteiger partial charge in [-0.1, -0.05) is 13.0 Å². The van der Waals surface area contributed by atoms with Crippen LogP contribution in [0.5, 0.6) is 0 Å². The molecule has 0 saturated carbocycles. The molecule has 0 amide bonds. The van der Waals surface area contributed by atoms with Crippen molar-refractivity contribution in [2.45, 2.75) is 38.8 Å². The van der Waals surface area contributed by atoms with Crippen molar-refractivity contribution in [3.05, 3.63) is 23.9 Å². The molecular formula is C16H27N3O2. The standard InChI is InChI=1S/C16H27N3O2/c1-2-8-17-16-5-3-4-14(18-16)13-19-9-6-15(7-10-19)21-12-11-20/h3-5,15,20H,2,6-13H2,1H3,(H,17,18). The van der Waals surface area contributed by atoms with Crippen molar-refractivity contribution in [3.63, 3.8) is 0 Å². The van der Waals surface area contributed by atoms with Crippen LogP contribution in [0, 0.1) is 0 Å². The van der Waals surface area contributed by atoms with E-state index < -0.39 is 0 Å². The molecule has 1 aliphatic heterocycles. The Morgan fingerprint density at radius 2 is 2.19 bits per heavy atom. The van der Waals surface area contributed by atoms with E-state index >= 15 is 0 Å². The van der Waals surface area contributed by atoms with Crippen LogP contribution in [0.1, 0.15) is 31.9 Å². The van der Waals surface area contributed by atoms with Crippen LogP contribution in [0.4, 0.5) is 5.82 Å². The Kier molecular flexibility index (Phi) is 6.92. The molecule has 1 aliphatic rings. The van der Waals surface area contributed by atoms with E-state index in [4.69, 9.17) is 9.84 Å². The van der Waals surface area contributed by atoms with Gasteiger partial charge in [0.25, 0.3) is 0 Å². The molecule has 2 heterocycles. The van der Waals surface area contributed by atoms with Gasteiger partial charge in [0.1, 0.15) is 5.82 Å². The molecule has 5 heteroatoms. The van der Waals surface area contributed by atoms with E-state index in [0.29, 0.717) is 12.7 Å². The van der Waals surface area contributed by atoms with Gasteiger partial charge < -0.3 is 15.2 Å². The summed E-state index contributed by atoms with van der Waals surface area (Å²) in [5.41, 5.74) is 1.12. The largest absolute Gasteiger partial charge is 0.394 e. The predicted octanol–water partition coefficient (Wildman–Crippen LogP) is 1.88. The highest BCUT2D eigenvalue weighted by molar-refractivity contribution is 5.35. The van der Waals surface area contributed by atoms with Gasteiger partial charge in [-0.05, 0) is 31.4 Å². The number of anilines is 1. The van der Waals surface area contributed by atoms with Gasteiger partial charge in [-0.3, -0.25) is 4.90 Å². The van der Waals surface area contributed by atoms with Gasteiger partial charge >= 0.3 is 0 Å². The fourth-order valence-corrected chi connectivity index (χ4v) is 2.60. The van der Waals surface area contributed by atoms with E-state index in [2.05, 4.69) is 34.3 Å². The van der Waals surface area contributed by atoms with Gasteiger partial charge in [0, 0.05) is 26.2 Å². The number of ether oxygens (including phenoxy) is 1. The molecule has 0 aromatic carbocycles. The first-order valence-electron chi connectivity index (χ1n) is 7.96. The van der Waals surface area contributed by atoms with Gasteiger partial charge in [0.05, 0.1) is 25.0 Å². The number of aliphatic hydroxyl groups is 1. The zero-order valence-electron chi connectivity index (χ0n) is 12.9. The zero-order valence-corrected chi connectivity index (χ0v) is 12.9. The quantitative estimate of drug-likeness (QED) is 0.766. The average molecular weight is 293 g/mol. The number of nitrogens with zero attached hydrogens (tertiary/aromatic N) is 2. The molecule has 2 rings (SSSR count). The van der Waals surface area contributed by atoms with Crippen molar-refractivity contribution >= 4 is 5.82 Å². The molecule has 2 N–H and O–H groups in total. The molecule has 0 aliphatic carbocycles. The number of aromatic nitrogens is 1. The van der Waals surface area contributed by atoms with Crippen LogP contribution >= 0.6 is 0 Å². The van der Waals surface area contributed by atoms with Crippen LogP contribution in [0.25, 0.3) is 0 Å². The minimum atomic E-state index is 0.113. The third kappa shape index (κ3) is 5.61. The minimum absolute atomic E-state index is 0.113. The Hall–Kier alpha value is -1.17. The smallest absolute Gasteiger partial charge is 0.126 e. The Labute approximate surface area is 127 Å². The number of nitrogens with one attached hydrogen (secondary N) is 1. The molecule has 1 saturated heterocycles. The van der Waals surface area contributed by atoms with Gasteiger partial charge in [-0.2, -0.15) is 0 Å². The predicted molar refractivity (Wildman–Crippen MR) is 84.4 cm³/mol. The fraction of sp³-hybridized carbons (Fsp3) is 0.688. The van der Waals surface area contributed by atoms with Crippen LogP contribution in [0.15, 0.2) is 18.2 Å². The van der Waals surface area contributed by atoms with Crippen LogP contribution in [0.3, 0.4) is 0 Å². The summed E-state index contributed by atoms with van der Waals surface area (Å²) in [6, 6.07) is 6.18. The molecule has 0 unspecified atom stereocenters. The van der Waals surface area contributed by atoms with Crippen molar-refractivity contribution in [2.75, 3.05) is 38.2 Å². The summed E-state index contributed by atoms with van der Waals surface area (Å²) in [5, 5.41) is 12.1. The lowest BCUT2D eigenvalue weighted by atomic mass is 10.1. The second-order valence-electron chi connectivity index (χ2n) is 5.51. The van der Waals surface area contributed by atoms with E-state index in [-0.39, 0.29) is 6.61 Å². The van der Waals surface area contributed by atoms with Gasteiger partial charge in [-0.15, -0.1) is 0 Å². The lowest BCUT2D eigenvalue weighted by Crippen LogP contribution is -2.37. The third-order valence-electron chi connectivity index (χ3n) is 3.73. The highest BCUT2D eigenvalue weighted by atomic mass is 16.5. The van der Waals surface area contributed by atoms with Crippen LogP contribution < -0.4 is 5.32 Å². The minimum Gasteiger partial charge on any atom is -0.394 e. The number of hydrogen-bond donors (Lipinski definition) is 2. The maximum absolute atomic E-state index is 8.78. The summed E-state index contributed by atoms with van der Waals surface area (Å²) in [7, 11) is 0. The summed E-state index contributed by atoms with van der Waals surface area (Å²) in [4.78, 5) is 7.08. The number of pyridine rings is 1. The van der Waals surface area contributed by atoms with Crippen molar-refractivity contribution in [1.82, 2.24) is 9.88 Å². The van der Waals surface area contributed by atoms with E-state index in [1.165, 1.54) is 0 Å². The number of likely N-dealkylation sites (tertiary alicyclic amines) is 1. The molecule has 5 nitrogen and oxygen atoms in total. The van der Waals surface area contributed by atoms with E-state index in [1.54, 1.807) is 0 Å². The van der Waals surface area contributed by atoms with Crippen molar-refractivity contribution in [2.24, 2.45) is 0 Å². The van der Waals surface area contributed by atoms with Crippen molar-refractivity contribution in [3.8, 4) is 0 Å². The lowest BCUT2D eigenvalue weighted by molar-refractivity contribution is -0.00918. The number of piperidine rings is 1. The van der Waals surface area contributed by atoms with Gasteiger partial charge in [-0.25, -0.2) is 4.98 Å². The molecule has 1 fully saturated rings. The van der Waals surface area contributed by atoms with Crippen molar-refractivity contribution in [1.29, 1.82) is 0 Å². The Balaban J connectivity index is 1.77. The topological polar surface area (TPSA) is 57.6 Å². The lowest BCUT2D eigenvalue weighted by Gasteiger charge is -2.31. The number of aliphatic hydroxyl groups excluding tert-OH is 1. The fourth-order valence-electron chi connectivity index (χ4n) is 2.60. The Morgan fingerprint density at radius 3 is 2.90 bits per heavy atom. The highest BCUT2D eigenvalue weighted by Gasteiger charge is 2.19. The molecule has 1 aromatic rings. The summed E-state index contributed by atoms with van der Waals surface area (Å²) in [6.07, 6.45) is 3.48. The summed E-state index contributed by atoms with van der Waals surface area (Å²) >= 11 is 0. The average Bonchev–Trinajstić information content (AvgIpc) is 2.53. The first-order valence-corrected chi connectivity index (χ1v) is 7.96. The highest BCUT2D eigenvalue weighted by Crippen LogP contribution is 2.16. The first-order chi connectivity index (χ1) is 10.3. The summed E-state index contributed by atoms with van der Waals surface area (Å²) in [6.45, 7) is 6.64. The maximum Gasteiger partial charge on any atom is 0.126 e. The monoisotopic (exact) mass is 293 g/mol. The van der Waals surface area contributed by atoms with E-state index in [9.17, 15) is 0 Å². The van der Waals surface area contributed by atoms with Crippen LogP contribution in [-0.4, -0.2) is 53.9 Å². The van der Waals surface area contributed by atoms with Crippen LogP contribution in [0.2, 0.25) is 0 Å². The SMILES string of the molecule is CCCNc1cccc(CN2CCC(OCCO)CC2)n1. The van der Waals surface area contributed by atoms with Crippen LogP contribution in [-0.2, 0) is 11.3 Å². The first kappa shape index (κ1) is 16.2. The van der Waals surface area contributed by atoms with Gasteiger partial charge in [0.2, 0.25) is 0 Å². The molecular weight excluding hydrogens is 266 g/mol. The Morgan fingerprint density at radius 1 is 1.38 bits per heavy atom. The normalized spacial score (nSPS) is 17.0. The third-order valence-corrected chi connectivity index (χ3v) is 3.73. The number of hydrogen-bond acceptors (Lipinski definition) is 5. The Bertz CT molecular complexity index is 406. The molecule has 0 bridgehead atoms. The van der Waals surface area contributed by atoms with E-state index in [0.717, 1.165) is 57.0 Å². The van der Waals surface area contributed by atoms with E-state index in [1.807, 2.05) is 6.07 Å². The number of rotatable bonds is 8. The molecule has 118 valence electrons. The van der Waals surface area contributed by atoms with Crippen molar-refractivity contribution < 1.29 is 9.84 Å². The summed E-state index contributed by atoms with van der Waals surface area (Å²) < 4.78 is 5.59. The second-order valence-corrected chi connectivity index (χ2v) is 5.51. The molecule has 0 radical (unpaired) electrons. The maximum atomic E-state index is 8.78. The second kappa shape index (κ2) is 8.97. The van der Waals surface area contributed by atoms with Gasteiger partial charge in [0.15, 0.2) is 0 Å². The summed E-state index contributed by atoms with van der Waals surface area (Å²) in [5.74, 6) is 0.968. The molecule has 0 atom stereocenters. The molecule has 1 aromatic heterocycles.